The van der Waals surface area contributed by atoms with Crippen LogP contribution in [0.1, 0.15) is 33.1 Å². The van der Waals surface area contributed by atoms with E-state index < -0.39 is 0 Å². The summed E-state index contributed by atoms with van der Waals surface area (Å²) in [6.45, 7) is 7.66. The molecule has 1 aliphatic rings. The fourth-order valence-corrected chi connectivity index (χ4v) is 1.65. The summed E-state index contributed by atoms with van der Waals surface area (Å²) in [5, 5.41) is 0. The van der Waals surface area contributed by atoms with Crippen molar-refractivity contribution in [2.24, 2.45) is 5.41 Å². The molecule has 70 valence electrons. The molecular weight excluding hydrogens is 160 g/mol. The molecule has 0 unspecified atom stereocenters. The molecule has 0 spiro atoms. The van der Waals surface area contributed by atoms with Crippen molar-refractivity contribution in [3.8, 4) is 0 Å². The third kappa shape index (κ3) is 2.71. The third-order valence-electron chi connectivity index (χ3n) is 2.23. The second kappa shape index (κ2) is 3.76. The molecule has 0 aromatic rings. The Morgan fingerprint density at radius 2 is 2.15 bits per heavy atom. The molecule has 0 saturated heterocycles. The lowest BCUT2D eigenvalue weighted by atomic mass is 9.90. The van der Waals surface area contributed by atoms with Gasteiger partial charge in [0.1, 0.15) is 0 Å². The maximum Gasteiger partial charge on any atom is 0.158 e. The number of Topliss-reactive ketones (excluding diaryl/α,β-unsaturated/α-hetero) is 1. The summed E-state index contributed by atoms with van der Waals surface area (Å²) < 4.78 is 0. The van der Waals surface area contributed by atoms with E-state index in [2.05, 4.69) is 26.2 Å². The molecule has 0 atom stereocenters. The summed E-state index contributed by atoms with van der Waals surface area (Å²) in [6.07, 6.45) is 6.61. The Morgan fingerprint density at radius 1 is 1.46 bits per heavy atom. The standard InChI is InChI=1S/C12H16O/c1-4-8-12(2,3)9-10-6-5-7-11(10)13/h8-9H,1,5-7H2,2-3H3/b10-9+. The third-order valence-corrected chi connectivity index (χ3v) is 2.23. The molecule has 0 amide bonds. The van der Waals surface area contributed by atoms with Gasteiger partial charge in [-0.2, -0.15) is 0 Å². The first-order chi connectivity index (χ1) is 6.05. The molecule has 0 aromatic heterocycles. The van der Waals surface area contributed by atoms with Crippen LogP contribution in [0.4, 0.5) is 0 Å². The van der Waals surface area contributed by atoms with Crippen molar-refractivity contribution in [1.29, 1.82) is 0 Å². The topological polar surface area (TPSA) is 17.1 Å². The molecule has 1 rings (SSSR count). The molecule has 1 heteroatoms. The van der Waals surface area contributed by atoms with E-state index in [0.717, 1.165) is 24.8 Å². The van der Waals surface area contributed by atoms with E-state index >= 15 is 0 Å². The number of carbonyl (C=O) groups excluding carboxylic acids is 1. The van der Waals surface area contributed by atoms with Crippen molar-refractivity contribution in [1.82, 2.24) is 0 Å². The zero-order valence-electron chi connectivity index (χ0n) is 8.39. The molecule has 1 saturated carbocycles. The first-order valence-electron chi connectivity index (χ1n) is 4.67. The Morgan fingerprint density at radius 3 is 2.62 bits per heavy atom. The largest absolute Gasteiger partial charge is 0.295 e. The minimum atomic E-state index is -0.0862. The van der Waals surface area contributed by atoms with Gasteiger partial charge in [-0.25, -0.2) is 0 Å². The Bertz CT molecular complexity index is 288. The Hall–Kier alpha value is -1.07. The van der Waals surface area contributed by atoms with Gasteiger partial charge in [0.05, 0.1) is 0 Å². The van der Waals surface area contributed by atoms with Gasteiger partial charge in [-0.3, -0.25) is 4.79 Å². The van der Waals surface area contributed by atoms with Crippen LogP contribution >= 0.6 is 0 Å². The van der Waals surface area contributed by atoms with E-state index in [4.69, 9.17) is 0 Å². The van der Waals surface area contributed by atoms with E-state index in [0.29, 0.717) is 5.78 Å². The van der Waals surface area contributed by atoms with E-state index in [1.165, 1.54) is 0 Å². The molecule has 1 nitrogen and oxygen atoms in total. The van der Waals surface area contributed by atoms with Gasteiger partial charge in [-0.1, -0.05) is 26.5 Å². The van der Waals surface area contributed by atoms with Gasteiger partial charge in [0.25, 0.3) is 0 Å². The molecule has 1 fully saturated rings. The van der Waals surface area contributed by atoms with Crippen molar-refractivity contribution in [2.45, 2.75) is 33.1 Å². The van der Waals surface area contributed by atoms with E-state index in [9.17, 15) is 4.79 Å². The van der Waals surface area contributed by atoms with Crippen LogP contribution in [0.5, 0.6) is 0 Å². The smallest absolute Gasteiger partial charge is 0.158 e. The quantitative estimate of drug-likeness (QED) is 0.467. The minimum Gasteiger partial charge on any atom is -0.295 e. The van der Waals surface area contributed by atoms with Gasteiger partial charge in [0.2, 0.25) is 0 Å². The van der Waals surface area contributed by atoms with Crippen LogP contribution in [0.15, 0.2) is 30.0 Å². The second-order valence-electron chi connectivity index (χ2n) is 4.12. The monoisotopic (exact) mass is 176 g/mol. The number of ketones is 1. The molecular formula is C12H16O. The molecule has 0 radical (unpaired) electrons. The van der Waals surface area contributed by atoms with Gasteiger partial charge >= 0.3 is 0 Å². The van der Waals surface area contributed by atoms with E-state index in [1.807, 2.05) is 12.2 Å². The number of rotatable bonds is 2. The van der Waals surface area contributed by atoms with Crippen molar-refractivity contribution in [3.05, 3.63) is 30.0 Å². The first-order valence-corrected chi connectivity index (χ1v) is 4.67. The highest BCUT2D eigenvalue weighted by Crippen LogP contribution is 2.27. The normalized spacial score (nSPS) is 20.5. The van der Waals surface area contributed by atoms with Crippen LogP contribution in [-0.4, -0.2) is 5.78 Å². The van der Waals surface area contributed by atoms with Crippen molar-refractivity contribution < 1.29 is 4.79 Å². The number of hydrogen-bond acceptors (Lipinski definition) is 1. The van der Waals surface area contributed by atoms with Gasteiger partial charge in [-0.05, 0) is 24.5 Å². The van der Waals surface area contributed by atoms with Gasteiger partial charge < -0.3 is 0 Å². The lowest BCUT2D eigenvalue weighted by Crippen LogP contribution is -2.05. The lowest BCUT2D eigenvalue weighted by Gasteiger charge is -2.14. The average Bonchev–Trinajstić information content (AvgIpc) is 2.35. The summed E-state index contributed by atoms with van der Waals surface area (Å²) in [5.41, 5.74) is 3.66. The Kier molecular flexibility index (Phi) is 2.90. The van der Waals surface area contributed by atoms with E-state index in [1.54, 1.807) is 0 Å². The number of allylic oxidation sites excluding steroid dienone is 3. The van der Waals surface area contributed by atoms with Crippen LogP contribution in [0.25, 0.3) is 0 Å². The van der Waals surface area contributed by atoms with E-state index in [-0.39, 0.29) is 5.41 Å². The van der Waals surface area contributed by atoms with Crippen molar-refractivity contribution >= 4 is 5.78 Å². The maximum absolute atomic E-state index is 11.3. The second-order valence-corrected chi connectivity index (χ2v) is 4.12. The van der Waals surface area contributed by atoms with Gasteiger partial charge in [-0.15, -0.1) is 5.73 Å². The Balaban J connectivity index is 2.85. The molecule has 0 aliphatic heterocycles. The molecule has 0 heterocycles. The summed E-state index contributed by atoms with van der Waals surface area (Å²) in [7, 11) is 0. The minimum absolute atomic E-state index is 0.0862. The highest BCUT2D eigenvalue weighted by Gasteiger charge is 2.20. The fourth-order valence-electron chi connectivity index (χ4n) is 1.65. The van der Waals surface area contributed by atoms with Crippen molar-refractivity contribution in [3.63, 3.8) is 0 Å². The molecule has 13 heavy (non-hydrogen) atoms. The van der Waals surface area contributed by atoms with Crippen molar-refractivity contribution in [2.75, 3.05) is 0 Å². The maximum atomic E-state index is 11.3. The van der Waals surface area contributed by atoms with Crippen LogP contribution in [-0.2, 0) is 4.79 Å². The molecule has 0 aromatic carbocycles. The zero-order chi connectivity index (χ0) is 9.90. The van der Waals surface area contributed by atoms with Gasteiger partial charge in [0, 0.05) is 11.8 Å². The average molecular weight is 176 g/mol. The fraction of sp³-hybridized carbons (Fsp3) is 0.500. The highest BCUT2D eigenvalue weighted by molar-refractivity contribution is 5.97. The predicted molar refractivity (Wildman–Crippen MR) is 54.4 cm³/mol. The van der Waals surface area contributed by atoms with Crippen LogP contribution in [0, 0.1) is 5.41 Å². The molecule has 1 aliphatic carbocycles. The number of carbonyl (C=O) groups is 1. The summed E-state index contributed by atoms with van der Waals surface area (Å²) in [4.78, 5) is 11.3. The molecule has 0 N–H and O–H groups in total. The first kappa shape index (κ1) is 10.0. The van der Waals surface area contributed by atoms with Crippen LogP contribution in [0.3, 0.4) is 0 Å². The van der Waals surface area contributed by atoms with Crippen LogP contribution < -0.4 is 0 Å². The molecule has 0 bridgehead atoms. The summed E-state index contributed by atoms with van der Waals surface area (Å²) >= 11 is 0. The Labute approximate surface area is 79.8 Å². The van der Waals surface area contributed by atoms with Gasteiger partial charge in [0.15, 0.2) is 5.78 Å². The lowest BCUT2D eigenvalue weighted by molar-refractivity contribution is -0.114. The van der Waals surface area contributed by atoms with Crippen LogP contribution in [0.2, 0.25) is 0 Å². The summed E-state index contributed by atoms with van der Waals surface area (Å²) in [5.74, 6) is 0.311. The summed E-state index contributed by atoms with van der Waals surface area (Å²) in [6, 6.07) is 0. The highest BCUT2D eigenvalue weighted by atomic mass is 16.1. The predicted octanol–water partition coefficient (Wildman–Crippen LogP) is 3.03. The number of hydrogen-bond donors (Lipinski definition) is 0. The SMILES string of the molecule is C=C=CC(C)(C)/C=C1\CCCC1=O. The zero-order valence-corrected chi connectivity index (χ0v) is 8.39.